The number of fused-ring (bicyclic) bond motifs is 1. The molecule has 2 aliphatic rings. The summed E-state index contributed by atoms with van der Waals surface area (Å²) in [5, 5.41) is 7.54. The van der Waals surface area contributed by atoms with Gasteiger partial charge in [0.05, 0.1) is 17.3 Å². The van der Waals surface area contributed by atoms with Crippen LogP contribution in [0.15, 0.2) is 29.1 Å². The molecule has 1 aromatic carbocycles. The Morgan fingerprint density at radius 2 is 2.04 bits per heavy atom. The third-order valence-electron chi connectivity index (χ3n) is 4.35. The second kappa shape index (κ2) is 4.86. The fourth-order valence-electron chi connectivity index (χ4n) is 2.91. The zero-order valence-electron chi connectivity index (χ0n) is 13.3. The Balaban J connectivity index is 1.81. The van der Waals surface area contributed by atoms with Gasteiger partial charge in [-0.15, -0.1) is 4.68 Å². The number of carbonyl (C=O) groups is 1. The molecular formula is C16H16FN5O2. The lowest BCUT2D eigenvalue weighted by Crippen LogP contribution is -2.52. The molecule has 0 atom stereocenters. The van der Waals surface area contributed by atoms with E-state index < -0.39 is 17.3 Å². The van der Waals surface area contributed by atoms with Crippen LogP contribution >= 0.6 is 0 Å². The van der Waals surface area contributed by atoms with E-state index in [2.05, 4.69) is 10.4 Å². The van der Waals surface area contributed by atoms with E-state index in [1.807, 2.05) is 13.8 Å². The summed E-state index contributed by atoms with van der Waals surface area (Å²) < 4.78 is 15.5. The van der Waals surface area contributed by atoms with E-state index in [1.54, 1.807) is 12.2 Å². The van der Waals surface area contributed by atoms with Crippen molar-refractivity contribution in [3.63, 3.8) is 0 Å². The van der Waals surface area contributed by atoms with E-state index in [0.29, 0.717) is 11.3 Å². The van der Waals surface area contributed by atoms with Crippen LogP contribution in [-0.4, -0.2) is 31.4 Å². The van der Waals surface area contributed by atoms with Crippen molar-refractivity contribution in [3.05, 3.63) is 46.1 Å². The van der Waals surface area contributed by atoms with Gasteiger partial charge < -0.3 is 0 Å². The second-order valence-corrected chi connectivity index (χ2v) is 6.66. The highest BCUT2D eigenvalue weighted by Crippen LogP contribution is 2.35. The molecular weight excluding hydrogens is 313 g/mol. The van der Waals surface area contributed by atoms with Gasteiger partial charge in [0.2, 0.25) is 0 Å². The van der Waals surface area contributed by atoms with E-state index in [1.165, 1.54) is 27.8 Å². The van der Waals surface area contributed by atoms with Gasteiger partial charge >= 0.3 is 11.7 Å². The van der Waals surface area contributed by atoms with Gasteiger partial charge in [-0.05, 0) is 55.3 Å². The first-order chi connectivity index (χ1) is 11.4. The van der Waals surface area contributed by atoms with Crippen LogP contribution in [0.25, 0.3) is 6.08 Å². The normalized spacial score (nSPS) is 18.5. The fraction of sp³-hybridized carbons (Fsp3) is 0.375. The zero-order chi connectivity index (χ0) is 17.1. The first kappa shape index (κ1) is 14.8. The van der Waals surface area contributed by atoms with E-state index in [0.717, 1.165) is 17.5 Å². The molecule has 1 saturated carbocycles. The molecule has 0 unspecified atom stereocenters. The quantitative estimate of drug-likeness (QED) is 0.752. The summed E-state index contributed by atoms with van der Waals surface area (Å²) in [4.78, 5) is 26.8. The highest BCUT2D eigenvalue weighted by Gasteiger charge is 2.37. The van der Waals surface area contributed by atoms with Crippen molar-refractivity contribution in [1.29, 1.82) is 0 Å². The van der Waals surface area contributed by atoms with Crippen molar-refractivity contribution in [2.75, 3.05) is 4.90 Å². The topological polar surface area (TPSA) is 73.0 Å². The number of nitrogens with zero attached hydrogens (tertiary/aromatic N) is 5. The number of rotatable bonds is 1. The molecule has 2 heterocycles. The van der Waals surface area contributed by atoms with Crippen LogP contribution in [0.2, 0.25) is 0 Å². The lowest BCUT2D eigenvalue weighted by molar-refractivity contribution is 0.239. The minimum atomic E-state index is -0.690. The van der Waals surface area contributed by atoms with E-state index in [-0.39, 0.29) is 11.9 Å². The van der Waals surface area contributed by atoms with E-state index in [9.17, 15) is 14.0 Å². The average molecular weight is 329 g/mol. The second-order valence-electron chi connectivity index (χ2n) is 6.66. The van der Waals surface area contributed by atoms with Crippen molar-refractivity contribution in [2.45, 2.75) is 38.3 Å². The lowest BCUT2D eigenvalue weighted by atomic mass is 9.94. The monoisotopic (exact) mass is 329 g/mol. The van der Waals surface area contributed by atoms with E-state index >= 15 is 0 Å². The highest BCUT2D eigenvalue weighted by molar-refractivity contribution is 5.98. The Labute approximate surface area is 137 Å². The first-order valence-corrected chi connectivity index (χ1v) is 7.76. The Kier molecular flexibility index (Phi) is 3.00. The largest absolute Gasteiger partial charge is 0.372 e. The third kappa shape index (κ3) is 2.17. The molecule has 24 heavy (non-hydrogen) atoms. The predicted octanol–water partition coefficient (Wildman–Crippen LogP) is 2.19. The fourth-order valence-corrected chi connectivity index (χ4v) is 2.91. The van der Waals surface area contributed by atoms with E-state index in [4.69, 9.17) is 0 Å². The molecule has 0 radical (unpaired) electrons. The van der Waals surface area contributed by atoms with Crippen molar-refractivity contribution in [1.82, 2.24) is 19.8 Å². The maximum atomic E-state index is 13.5. The van der Waals surface area contributed by atoms with Gasteiger partial charge in [0.1, 0.15) is 5.82 Å². The van der Waals surface area contributed by atoms with Crippen molar-refractivity contribution < 1.29 is 9.18 Å². The van der Waals surface area contributed by atoms with Crippen LogP contribution in [0, 0.1) is 5.82 Å². The lowest BCUT2D eigenvalue weighted by Gasteiger charge is -2.39. The van der Waals surface area contributed by atoms with Crippen LogP contribution in [0.4, 0.5) is 14.9 Å². The summed E-state index contributed by atoms with van der Waals surface area (Å²) in [6.45, 7) is 3.67. The minimum Gasteiger partial charge on any atom is -0.283 e. The predicted molar refractivity (Wildman–Crippen MR) is 85.3 cm³/mol. The Morgan fingerprint density at radius 1 is 1.29 bits per heavy atom. The number of hydrogen-bond acceptors (Lipinski definition) is 4. The van der Waals surface area contributed by atoms with Gasteiger partial charge in [0.15, 0.2) is 0 Å². The minimum absolute atomic E-state index is 0.0368. The van der Waals surface area contributed by atoms with Gasteiger partial charge in [-0.1, -0.05) is 12.2 Å². The molecule has 1 amide bonds. The van der Waals surface area contributed by atoms with Crippen LogP contribution in [0.5, 0.6) is 0 Å². The molecule has 1 fully saturated rings. The Morgan fingerprint density at radius 3 is 2.75 bits per heavy atom. The number of benzene rings is 1. The summed E-state index contributed by atoms with van der Waals surface area (Å²) in [5.41, 5.74) is -0.131. The molecule has 1 aliphatic carbocycles. The summed E-state index contributed by atoms with van der Waals surface area (Å²) in [6.07, 6.45) is 5.30. The van der Waals surface area contributed by atoms with Gasteiger partial charge in [-0.25, -0.2) is 14.0 Å². The summed E-state index contributed by atoms with van der Waals surface area (Å²) in [6, 6.07) is 3.61. The Bertz CT molecular complexity index is 923. The number of amides is 1. The average Bonchev–Trinajstić information content (AvgIpc) is 3.29. The van der Waals surface area contributed by atoms with Crippen molar-refractivity contribution in [2.24, 2.45) is 0 Å². The number of anilines is 1. The van der Waals surface area contributed by atoms with Gasteiger partial charge in [0, 0.05) is 5.56 Å². The molecule has 8 heteroatoms. The first-order valence-electron chi connectivity index (χ1n) is 7.76. The third-order valence-corrected chi connectivity index (χ3v) is 4.35. The summed E-state index contributed by atoms with van der Waals surface area (Å²) in [5.74, 6) is -0.387. The van der Waals surface area contributed by atoms with Gasteiger partial charge in [-0.2, -0.15) is 4.68 Å². The maximum Gasteiger partial charge on any atom is 0.372 e. The molecule has 0 N–H and O–H groups in total. The van der Waals surface area contributed by atoms with Crippen molar-refractivity contribution in [3.8, 4) is 0 Å². The molecule has 1 aliphatic heterocycles. The number of hydrogen-bond donors (Lipinski definition) is 0. The standard InChI is InChI=1S/C16H16FN5O2/c1-16(2)8-7-10-9-11(17)3-6-13(10)20(16)14(23)22-15(24)21(18-19-22)12-4-5-12/h3,6-9,12H,4-5H2,1-2H3. The number of tetrazole rings is 1. The molecule has 0 bridgehead atoms. The van der Waals surface area contributed by atoms with Crippen LogP contribution in [0.1, 0.15) is 38.3 Å². The SMILES string of the molecule is CC1(C)C=Cc2cc(F)ccc2N1C(=O)n1nnn(C2CC2)c1=O. The molecule has 2 aromatic rings. The molecule has 0 saturated heterocycles. The zero-order valence-corrected chi connectivity index (χ0v) is 13.3. The van der Waals surface area contributed by atoms with Crippen LogP contribution < -0.4 is 10.6 Å². The molecule has 1 aromatic heterocycles. The van der Waals surface area contributed by atoms with Gasteiger partial charge in [-0.3, -0.25) is 4.90 Å². The number of aromatic nitrogens is 4. The Hall–Kier alpha value is -2.77. The molecule has 124 valence electrons. The molecule has 7 nitrogen and oxygen atoms in total. The van der Waals surface area contributed by atoms with Crippen molar-refractivity contribution >= 4 is 17.8 Å². The van der Waals surface area contributed by atoms with Crippen LogP contribution in [-0.2, 0) is 0 Å². The summed E-state index contributed by atoms with van der Waals surface area (Å²) >= 11 is 0. The van der Waals surface area contributed by atoms with Crippen LogP contribution in [0.3, 0.4) is 0 Å². The molecule has 4 rings (SSSR count). The number of halogens is 1. The smallest absolute Gasteiger partial charge is 0.283 e. The highest BCUT2D eigenvalue weighted by atomic mass is 19.1. The maximum absolute atomic E-state index is 13.5. The molecule has 0 spiro atoms. The number of carbonyl (C=O) groups excluding carboxylic acids is 1. The van der Waals surface area contributed by atoms with Gasteiger partial charge in [0.25, 0.3) is 0 Å². The summed E-state index contributed by atoms with van der Waals surface area (Å²) in [7, 11) is 0.